The molecule has 0 atom stereocenters. The third-order valence-corrected chi connectivity index (χ3v) is 27.4. The molecule has 0 radical (unpaired) electrons. The number of benzene rings is 16. The van der Waals surface area contributed by atoms with E-state index < -0.39 is 0 Å². The minimum absolute atomic E-state index is 0.0816. The fourth-order valence-electron chi connectivity index (χ4n) is 20.1. The minimum atomic E-state index is -0.0951. The molecule has 3 aliphatic rings. The number of hydrogen-bond acceptors (Lipinski definition) is 3. The molecule has 6 nitrogen and oxygen atoms in total. The Morgan fingerprint density at radius 3 is 1.05 bits per heavy atom. The van der Waals surface area contributed by atoms with Crippen molar-refractivity contribution in [2.24, 2.45) is 0 Å². The molecule has 0 saturated carbocycles. The lowest BCUT2D eigenvalue weighted by Gasteiger charge is -2.28. The standard InChI is InChI=1S/C58H45N3.C55H39N3S/c1-57(2)50-18-10-8-16-46(50)47-35-34-45(36-52(47)57)59(42-28-22-39(23-29-42)38-14-6-5-7-15-38)43-30-24-40(25-31-43)41-26-32-44(33-27-41)60-53-20-12-9-17-48(53)49-37-55-58(3,4)51-19-11-13-21-54(51)61(55)56(49)60;1-55(2)48-18-10-12-20-50(48)58-53(55)35-47-44-17-9-11-19-49(44)57(54(47)58)42-30-32-51-46(33-42)45-31-29-43(34-52(45)59-51)56(40-25-21-38(22-26-40)36-13-5-3-6-14-36)41-27-23-39(24-28-41)37-15-7-4-8-16-37/h5-37H,1-4H3;3-35H,1-2H3. The molecule has 1 aliphatic carbocycles. The molecule has 21 aromatic rings. The summed E-state index contributed by atoms with van der Waals surface area (Å²) in [6, 6.07) is 147. The highest BCUT2D eigenvalue weighted by atomic mass is 32.1. The normalized spacial score (nSPS) is 13.6. The Labute approximate surface area is 702 Å². The maximum atomic E-state index is 2.51. The Bertz CT molecular complexity index is 7540. The summed E-state index contributed by atoms with van der Waals surface area (Å²) < 4.78 is 12.5. The number of hydrogen-bond donors (Lipinski definition) is 0. The summed E-state index contributed by atoms with van der Waals surface area (Å²) >= 11 is 1.87. The van der Waals surface area contributed by atoms with Gasteiger partial charge in [0.05, 0.1) is 22.4 Å². The van der Waals surface area contributed by atoms with Crippen LogP contribution < -0.4 is 9.80 Å². The van der Waals surface area contributed by atoms with E-state index in [1.165, 1.54) is 170 Å². The van der Waals surface area contributed by atoms with Gasteiger partial charge in [-0.2, -0.15) is 0 Å². The van der Waals surface area contributed by atoms with Crippen molar-refractivity contribution in [1.82, 2.24) is 18.3 Å². The topological polar surface area (TPSA) is 26.2 Å². The average Bonchev–Trinajstić information content (AvgIpc) is 1.53. The summed E-state index contributed by atoms with van der Waals surface area (Å²) in [4.78, 5) is 4.78. The van der Waals surface area contributed by atoms with Gasteiger partial charge in [0, 0.05) is 115 Å². The first-order valence-electron chi connectivity index (χ1n) is 41.8. The van der Waals surface area contributed by atoms with Gasteiger partial charge in [-0.3, -0.25) is 18.3 Å². The average molecular weight is 1560 g/mol. The molecule has 0 amide bonds. The molecule has 0 spiro atoms. The summed E-state index contributed by atoms with van der Waals surface area (Å²) in [5.74, 6) is 0. The summed E-state index contributed by atoms with van der Waals surface area (Å²) in [5.41, 5.74) is 36.7. The van der Waals surface area contributed by atoms with E-state index in [1.54, 1.807) is 0 Å². The van der Waals surface area contributed by atoms with E-state index in [9.17, 15) is 0 Å². The van der Waals surface area contributed by atoms with Gasteiger partial charge in [0.25, 0.3) is 0 Å². The number of aromatic nitrogens is 4. The van der Waals surface area contributed by atoms with Gasteiger partial charge in [-0.1, -0.05) is 302 Å². The molecular formula is C113H84N6S. The van der Waals surface area contributed by atoms with Crippen LogP contribution in [0.3, 0.4) is 0 Å². The fourth-order valence-corrected chi connectivity index (χ4v) is 21.2. The zero-order valence-electron chi connectivity index (χ0n) is 67.7. The second-order valence-corrected chi connectivity index (χ2v) is 35.1. The lowest BCUT2D eigenvalue weighted by atomic mass is 9.82. The zero-order valence-corrected chi connectivity index (χ0v) is 68.5. The van der Waals surface area contributed by atoms with Crippen molar-refractivity contribution in [3.63, 3.8) is 0 Å². The summed E-state index contributed by atoms with van der Waals surface area (Å²) in [6.45, 7) is 14.1. The molecule has 2 aliphatic heterocycles. The van der Waals surface area contributed by atoms with E-state index in [0.29, 0.717) is 0 Å². The Morgan fingerprint density at radius 2 is 0.575 bits per heavy atom. The van der Waals surface area contributed by atoms with Gasteiger partial charge < -0.3 is 9.80 Å². The van der Waals surface area contributed by atoms with Gasteiger partial charge in [-0.15, -0.1) is 11.3 Å². The third-order valence-electron chi connectivity index (χ3n) is 26.2. The Balaban J connectivity index is 0.000000140. The largest absolute Gasteiger partial charge is 0.310 e. The van der Waals surface area contributed by atoms with E-state index >= 15 is 0 Å². The van der Waals surface area contributed by atoms with E-state index in [0.717, 1.165) is 39.8 Å². The van der Waals surface area contributed by atoms with Gasteiger partial charge in [-0.05, 0) is 217 Å². The smallest absolute Gasteiger partial charge is 0.130 e. The van der Waals surface area contributed by atoms with Gasteiger partial charge >= 0.3 is 0 Å². The van der Waals surface area contributed by atoms with Gasteiger partial charge in [-0.25, -0.2) is 0 Å². The fraction of sp³-hybridized carbons (Fsp3) is 0.0796. The van der Waals surface area contributed by atoms with E-state index in [4.69, 9.17) is 0 Å². The zero-order chi connectivity index (χ0) is 80.3. The number of nitrogens with zero attached hydrogens (tertiary/aromatic N) is 6. The van der Waals surface area contributed by atoms with E-state index in [1.807, 2.05) is 11.3 Å². The first kappa shape index (κ1) is 70.9. The second kappa shape index (κ2) is 27.3. The Hall–Kier alpha value is -14.5. The molecule has 0 unspecified atom stereocenters. The molecule has 0 bridgehead atoms. The van der Waals surface area contributed by atoms with Crippen LogP contribution in [0.2, 0.25) is 0 Å². The number of para-hydroxylation sites is 4. The van der Waals surface area contributed by atoms with Crippen molar-refractivity contribution in [2.75, 3.05) is 9.80 Å². The van der Waals surface area contributed by atoms with Crippen molar-refractivity contribution in [3.05, 3.63) is 434 Å². The van der Waals surface area contributed by atoms with Crippen molar-refractivity contribution in [3.8, 4) is 78.4 Å². The molecule has 16 aromatic carbocycles. The molecule has 5 aromatic heterocycles. The van der Waals surface area contributed by atoms with Crippen LogP contribution in [0, 0.1) is 0 Å². The van der Waals surface area contributed by atoms with E-state index in [-0.39, 0.29) is 16.2 Å². The highest BCUT2D eigenvalue weighted by molar-refractivity contribution is 7.25. The summed E-state index contributed by atoms with van der Waals surface area (Å²) in [6.07, 6.45) is 0. The number of fused-ring (bicyclic) bond motifs is 20. The van der Waals surface area contributed by atoms with Crippen LogP contribution in [-0.4, -0.2) is 18.3 Å². The van der Waals surface area contributed by atoms with Gasteiger partial charge in [0.1, 0.15) is 11.3 Å². The monoisotopic (exact) mass is 1560 g/mol. The molecule has 7 heteroatoms. The molecule has 0 fully saturated rings. The number of anilines is 6. The van der Waals surface area contributed by atoms with Crippen molar-refractivity contribution < 1.29 is 0 Å². The maximum Gasteiger partial charge on any atom is 0.130 e. The maximum absolute atomic E-state index is 2.51. The lowest BCUT2D eigenvalue weighted by molar-refractivity contribution is 0.644. The van der Waals surface area contributed by atoms with Crippen LogP contribution in [0.4, 0.5) is 34.1 Å². The van der Waals surface area contributed by atoms with Crippen LogP contribution in [0.25, 0.3) is 142 Å². The predicted octanol–water partition coefficient (Wildman–Crippen LogP) is 30.7. The van der Waals surface area contributed by atoms with Crippen LogP contribution in [-0.2, 0) is 16.2 Å². The van der Waals surface area contributed by atoms with Crippen LogP contribution in [0.15, 0.2) is 400 Å². The van der Waals surface area contributed by atoms with Crippen molar-refractivity contribution in [1.29, 1.82) is 0 Å². The first-order valence-corrected chi connectivity index (χ1v) is 42.6. The third kappa shape index (κ3) is 11.1. The van der Waals surface area contributed by atoms with Gasteiger partial charge in [0.2, 0.25) is 0 Å². The Kier molecular flexibility index (Phi) is 16.1. The molecule has 24 rings (SSSR count). The van der Waals surface area contributed by atoms with E-state index in [2.05, 4.69) is 470 Å². The highest BCUT2D eigenvalue weighted by Crippen LogP contribution is 2.54. The molecule has 120 heavy (non-hydrogen) atoms. The summed E-state index contributed by atoms with van der Waals surface area (Å²) in [5, 5.41) is 7.71. The molecular weight excluding hydrogens is 1470 g/mol. The molecule has 7 heterocycles. The predicted molar refractivity (Wildman–Crippen MR) is 506 cm³/mol. The number of thiophene rings is 1. The van der Waals surface area contributed by atoms with Crippen LogP contribution in [0.1, 0.15) is 75.2 Å². The number of rotatable bonds is 12. The SMILES string of the molecule is CC1(C)c2ccccc2-c2ccc(N(c3ccc(-c4ccccc4)cc3)c3ccc(-c4ccc(-n5c6ccccc6c6cc7n(c65)-c5ccccc5C7(C)C)cc4)cc3)cc21.CC1(C)c2ccccc2-n2c1cc1c3ccccc3n(-c3ccc4sc5cc(N(c6ccc(-c7ccccc7)cc6)c6ccc(-c7ccccc7)cc6)ccc5c4c3)c12. The first-order chi connectivity index (χ1) is 58.8. The summed E-state index contributed by atoms with van der Waals surface area (Å²) in [7, 11) is 0. The second-order valence-electron chi connectivity index (χ2n) is 34.1. The van der Waals surface area contributed by atoms with Crippen LogP contribution >= 0.6 is 11.3 Å². The van der Waals surface area contributed by atoms with Crippen molar-refractivity contribution in [2.45, 2.75) is 57.8 Å². The quantitative estimate of drug-likeness (QED) is 0.122. The lowest BCUT2D eigenvalue weighted by Crippen LogP contribution is -2.16. The highest BCUT2D eigenvalue weighted by Gasteiger charge is 2.41. The van der Waals surface area contributed by atoms with Crippen LogP contribution in [0.5, 0.6) is 0 Å². The Morgan fingerprint density at radius 1 is 0.217 bits per heavy atom. The van der Waals surface area contributed by atoms with Gasteiger partial charge in [0.15, 0.2) is 0 Å². The minimum Gasteiger partial charge on any atom is -0.310 e. The molecule has 0 N–H and O–H groups in total. The molecule has 572 valence electrons. The molecule has 0 saturated heterocycles. The van der Waals surface area contributed by atoms with Crippen molar-refractivity contribution >= 4 is 110 Å².